The highest BCUT2D eigenvalue weighted by atomic mass is 32.2. The van der Waals surface area contributed by atoms with Gasteiger partial charge in [0.2, 0.25) is 15.8 Å². The molecule has 0 atom stereocenters. The van der Waals surface area contributed by atoms with Gasteiger partial charge in [-0.3, -0.25) is 4.79 Å². The molecule has 160 valence electrons. The first-order chi connectivity index (χ1) is 14.3. The van der Waals surface area contributed by atoms with Crippen molar-refractivity contribution in [3.63, 3.8) is 0 Å². The van der Waals surface area contributed by atoms with Crippen molar-refractivity contribution in [2.24, 2.45) is 0 Å². The number of carbonyl (C=O) groups excluding carboxylic acids is 1. The minimum atomic E-state index is -3.75. The number of carbonyl (C=O) groups is 1. The van der Waals surface area contributed by atoms with Gasteiger partial charge in [-0.2, -0.15) is 4.31 Å². The second-order valence-corrected chi connectivity index (χ2v) is 9.36. The molecule has 2 aromatic rings. The number of halogens is 1. The molecular formula is C21H22FNO6S. The van der Waals surface area contributed by atoms with Gasteiger partial charge in [-0.15, -0.1) is 0 Å². The van der Waals surface area contributed by atoms with Crippen LogP contribution in [0.15, 0.2) is 41.3 Å². The standard InChI is InChI=1S/C21H22FNO6S/c1-27-18-8-7-16-17(24)13-21(29-19(16)20(18)28-2)9-11-23(12-10-21)30(25,26)15-5-3-14(22)4-6-15/h3-8H,9-13H2,1-2H3. The number of rotatable bonds is 4. The fraction of sp³-hybridized carbons (Fsp3) is 0.381. The molecule has 0 unspecified atom stereocenters. The van der Waals surface area contributed by atoms with E-state index in [1.54, 1.807) is 12.1 Å². The van der Waals surface area contributed by atoms with Crippen molar-refractivity contribution in [2.75, 3.05) is 27.3 Å². The summed E-state index contributed by atoms with van der Waals surface area (Å²) in [5, 5.41) is 0. The van der Waals surface area contributed by atoms with Gasteiger partial charge < -0.3 is 14.2 Å². The fourth-order valence-corrected chi connectivity index (χ4v) is 5.47. The summed E-state index contributed by atoms with van der Waals surface area (Å²) in [5.41, 5.74) is -0.377. The molecule has 4 rings (SSSR count). The third kappa shape index (κ3) is 3.41. The first kappa shape index (κ1) is 20.6. The minimum Gasteiger partial charge on any atom is -0.493 e. The molecule has 0 bridgehead atoms. The summed E-state index contributed by atoms with van der Waals surface area (Å²) in [6, 6.07) is 8.07. The summed E-state index contributed by atoms with van der Waals surface area (Å²) in [4.78, 5) is 12.9. The zero-order chi connectivity index (χ0) is 21.5. The molecule has 2 aliphatic rings. The number of piperidine rings is 1. The Morgan fingerprint density at radius 3 is 2.30 bits per heavy atom. The Hall–Kier alpha value is -2.65. The van der Waals surface area contributed by atoms with E-state index in [0.29, 0.717) is 35.7 Å². The van der Waals surface area contributed by atoms with Crippen molar-refractivity contribution in [1.29, 1.82) is 0 Å². The quantitative estimate of drug-likeness (QED) is 0.734. The highest BCUT2D eigenvalue weighted by Gasteiger charge is 2.46. The van der Waals surface area contributed by atoms with Crippen LogP contribution in [0.5, 0.6) is 17.2 Å². The lowest BCUT2D eigenvalue weighted by Crippen LogP contribution is -2.52. The van der Waals surface area contributed by atoms with Crippen LogP contribution >= 0.6 is 0 Å². The van der Waals surface area contributed by atoms with Crippen molar-refractivity contribution in [3.8, 4) is 17.2 Å². The lowest BCUT2D eigenvalue weighted by molar-refractivity contribution is 0.00376. The van der Waals surface area contributed by atoms with Crippen molar-refractivity contribution >= 4 is 15.8 Å². The van der Waals surface area contributed by atoms with Crippen LogP contribution in [-0.2, 0) is 10.0 Å². The number of methoxy groups -OCH3 is 2. The lowest BCUT2D eigenvalue weighted by Gasteiger charge is -2.43. The first-order valence-corrected chi connectivity index (χ1v) is 11.0. The Kier molecular flexibility index (Phi) is 5.19. The largest absolute Gasteiger partial charge is 0.493 e. The molecule has 0 aromatic heterocycles. The number of ketones is 1. The van der Waals surface area contributed by atoms with E-state index in [4.69, 9.17) is 14.2 Å². The number of sulfonamides is 1. The molecule has 2 aliphatic heterocycles. The van der Waals surface area contributed by atoms with Crippen molar-refractivity contribution in [3.05, 3.63) is 47.8 Å². The molecule has 30 heavy (non-hydrogen) atoms. The maximum absolute atomic E-state index is 13.2. The molecule has 1 saturated heterocycles. The highest BCUT2D eigenvalue weighted by molar-refractivity contribution is 7.89. The zero-order valence-corrected chi connectivity index (χ0v) is 17.5. The Balaban J connectivity index is 1.58. The maximum Gasteiger partial charge on any atom is 0.243 e. The first-order valence-electron chi connectivity index (χ1n) is 9.52. The molecule has 1 spiro atoms. The van der Waals surface area contributed by atoms with Crippen LogP contribution < -0.4 is 14.2 Å². The highest BCUT2D eigenvalue weighted by Crippen LogP contribution is 2.48. The van der Waals surface area contributed by atoms with Gasteiger partial charge in [0.15, 0.2) is 17.3 Å². The summed E-state index contributed by atoms with van der Waals surface area (Å²) in [5.74, 6) is 0.569. The van der Waals surface area contributed by atoms with Crippen molar-refractivity contribution < 1.29 is 31.8 Å². The molecule has 0 N–H and O–H groups in total. The summed E-state index contributed by atoms with van der Waals surface area (Å²) in [6.45, 7) is 0.378. The van der Waals surface area contributed by atoms with Gasteiger partial charge >= 0.3 is 0 Å². The van der Waals surface area contributed by atoms with E-state index in [9.17, 15) is 17.6 Å². The Morgan fingerprint density at radius 1 is 1.03 bits per heavy atom. The molecule has 0 aliphatic carbocycles. The Bertz CT molecular complexity index is 1080. The van der Waals surface area contributed by atoms with Crippen LogP contribution in [0, 0.1) is 5.82 Å². The Morgan fingerprint density at radius 2 is 1.70 bits per heavy atom. The van der Waals surface area contributed by atoms with E-state index < -0.39 is 21.4 Å². The van der Waals surface area contributed by atoms with Crippen LogP contribution in [-0.4, -0.2) is 51.4 Å². The molecule has 2 aromatic carbocycles. The third-order valence-corrected chi connectivity index (χ3v) is 7.60. The second-order valence-electron chi connectivity index (χ2n) is 7.42. The van der Waals surface area contributed by atoms with Crippen LogP contribution in [0.25, 0.3) is 0 Å². The summed E-state index contributed by atoms with van der Waals surface area (Å²) in [6.07, 6.45) is 0.859. The van der Waals surface area contributed by atoms with E-state index >= 15 is 0 Å². The number of fused-ring (bicyclic) bond motifs is 1. The maximum atomic E-state index is 13.2. The van der Waals surface area contributed by atoms with Crippen LogP contribution in [0.2, 0.25) is 0 Å². The van der Waals surface area contributed by atoms with Crippen LogP contribution in [0.3, 0.4) is 0 Å². The fourth-order valence-electron chi connectivity index (χ4n) is 4.03. The molecule has 0 amide bonds. The predicted octanol–water partition coefficient (Wildman–Crippen LogP) is 3.03. The average Bonchev–Trinajstić information content (AvgIpc) is 2.73. The summed E-state index contributed by atoms with van der Waals surface area (Å²) >= 11 is 0. The van der Waals surface area contributed by atoms with Crippen LogP contribution in [0.4, 0.5) is 4.39 Å². The van der Waals surface area contributed by atoms with Gasteiger partial charge in [-0.05, 0) is 36.4 Å². The molecule has 0 saturated carbocycles. The number of hydrogen-bond acceptors (Lipinski definition) is 6. The van der Waals surface area contributed by atoms with E-state index in [1.165, 1.54) is 30.7 Å². The van der Waals surface area contributed by atoms with Crippen molar-refractivity contribution in [1.82, 2.24) is 4.31 Å². The Labute approximate surface area is 174 Å². The smallest absolute Gasteiger partial charge is 0.243 e. The van der Waals surface area contributed by atoms with Gasteiger partial charge in [0.05, 0.1) is 31.1 Å². The topological polar surface area (TPSA) is 82.1 Å². The van der Waals surface area contributed by atoms with Gasteiger partial charge in [-0.1, -0.05) is 0 Å². The molecule has 2 heterocycles. The lowest BCUT2D eigenvalue weighted by atomic mass is 9.83. The molecule has 0 radical (unpaired) electrons. The second kappa shape index (κ2) is 7.55. The molecular weight excluding hydrogens is 413 g/mol. The molecule has 9 heteroatoms. The summed E-state index contributed by atoms with van der Waals surface area (Å²) in [7, 11) is -0.769. The number of hydrogen-bond donors (Lipinski definition) is 0. The average molecular weight is 435 g/mol. The van der Waals surface area contributed by atoms with Gasteiger partial charge in [-0.25, -0.2) is 12.8 Å². The van der Waals surface area contributed by atoms with Gasteiger partial charge in [0, 0.05) is 25.9 Å². The predicted molar refractivity (Wildman–Crippen MR) is 106 cm³/mol. The van der Waals surface area contributed by atoms with E-state index in [0.717, 1.165) is 12.1 Å². The van der Waals surface area contributed by atoms with Crippen molar-refractivity contribution in [2.45, 2.75) is 29.8 Å². The number of nitrogens with zero attached hydrogens (tertiary/aromatic N) is 1. The third-order valence-electron chi connectivity index (χ3n) is 5.69. The number of Topliss-reactive ketones (excluding diaryl/α,β-unsaturated/α-hetero) is 1. The molecule has 7 nitrogen and oxygen atoms in total. The monoisotopic (exact) mass is 435 g/mol. The minimum absolute atomic E-state index is 0.0391. The molecule has 1 fully saturated rings. The summed E-state index contributed by atoms with van der Waals surface area (Å²) < 4.78 is 57.3. The number of benzene rings is 2. The van der Waals surface area contributed by atoms with Crippen LogP contribution in [0.1, 0.15) is 29.6 Å². The van der Waals surface area contributed by atoms with Gasteiger partial charge in [0.1, 0.15) is 11.4 Å². The van der Waals surface area contributed by atoms with E-state index in [2.05, 4.69) is 0 Å². The van der Waals surface area contributed by atoms with Gasteiger partial charge in [0.25, 0.3) is 0 Å². The number of ether oxygens (including phenoxy) is 3. The zero-order valence-electron chi connectivity index (χ0n) is 16.7. The normalized spacial score (nSPS) is 18.6. The van der Waals surface area contributed by atoms with E-state index in [1.807, 2.05) is 0 Å². The van der Waals surface area contributed by atoms with E-state index in [-0.39, 0.29) is 30.2 Å². The SMILES string of the molecule is COc1ccc2c(c1OC)OC1(CCN(S(=O)(=O)c3ccc(F)cc3)CC1)CC2=O.